The Kier molecular flexibility index (Phi) is 6.14. The molecule has 2 aromatic carbocycles. The van der Waals surface area contributed by atoms with E-state index in [-0.39, 0.29) is 18.4 Å². The number of carbonyl (C=O) groups is 2. The number of nitrogens with zero attached hydrogens (tertiary/aromatic N) is 2. The Morgan fingerprint density at radius 3 is 2.68 bits per heavy atom. The second kappa shape index (κ2) is 9.61. The van der Waals surface area contributed by atoms with Crippen molar-refractivity contribution in [3.8, 4) is 11.5 Å². The summed E-state index contributed by atoms with van der Waals surface area (Å²) in [7, 11) is 3.22. The predicted octanol–water partition coefficient (Wildman–Crippen LogP) is 4.76. The Hall–Kier alpha value is -3.74. The first-order chi connectivity index (χ1) is 18.1. The SMILES string of the molecule is COc1cccc([C@@H]2c3[nH]c4ccccc4c3C[C@H]3C(=O)N(CCC4=CCCCC4)CC(=O)N23)c1OC. The number of carbonyl (C=O) groups excluding carboxylic acids is 2. The molecule has 3 heterocycles. The molecule has 1 fully saturated rings. The molecule has 3 aliphatic rings. The summed E-state index contributed by atoms with van der Waals surface area (Å²) < 4.78 is 11.4. The number of ether oxygens (including phenoxy) is 2. The monoisotopic (exact) mass is 499 g/mol. The van der Waals surface area contributed by atoms with Crippen LogP contribution in [0.1, 0.15) is 55.0 Å². The molecule has 1 N–H and O–H groups in total. The maximum atomic E-state index is 13.9. The maximum absolute atomic E-state index is 13.9. The van der Waals surface area contributed by atoms with Crippen LogP contribution in [0.4, 0.5) is 0 Å². The molecule has 0 unspecified atom stereocenters. The summed E-state index contributed by atoms with van der Waals surface area (Å²) >= 11 is 0. The van der Waals surface area contributed by atoms with Crippen LogP contribution in [0.25, 0.3) is 10.9 Å². The van der Waals surface area contributed by atoms with Crippen LogP contribution in [0.5, 0.6) is 11.5 Å². The van der Waals surface area contributed by atoms with E-state index in [1.165, 1.54) is 18.4 Å². The molecule has 2 aliphatic heterocycles. The average Bonchev–Trinajstić information content (AvgIpc) is 3.31. The molecular weight excluding hydrogens is 466 g/mol. The lowest BCUT2D eigenvalue weighted by molar-refractivity contribution is -0.158. The minimum absolute atomic E-state index is 0.0267. The van der Waals surface area contributed by atoms with Crippen LogP contribution in [0, 0.1) is 0 Å². The number of aromatic nitrogens is 1. The standard InChI is InChI=1S/C30H33N3O4/c1-36-25-14-8-12-21(29(25)37-2)28-27-22(20-11-6-7-13-23(20)31-27)17-24-30(35)32(18-26(34)33(24)28)16-15-19-9-4-3-5-10-19/h6-9,11-14,24,28,31H,3-5,10,15-18H2,1-2H3/t24-,28+/m0/s1. The highest BCUT2D eigenvalue weighted by atomic mass is 16.5. The molecule has 1 saturated heterocycles. The van der Waals surface area contributed by atoms with Gasteiger partial charge in [0.15, 0.2) is 11.5 Å². The number of benzene rings is 2. The zero-order valence-electron chi connectivity index (χ0n) is 21.5. The molecule has 192 valence electrons. The fourth-order valence-corrected chi connectivity index (χ4v) is 6.37. The molecule has 0 spiro atoms. The van der Waals surface area contributed by atoms with E-state index in [1.54, 1.807) is 24.0 Å². The maximum Gasteiger partial charge on any atom is 0.246 e. The van der Waals surface area contributed by atoms with Crippen LogP contribution in [-0.4, -0.2) is 59.9 Å². The fourth-order valence-electron chi connectivity index (χ4n) is 6.37. The molecule has 2 atom stereocenters. The molecule has 7 heteroatoms. The summed E-state index contributed by atoms with van der Waals surface area (Å²) in [6, 6.07) is 12.8. The Morgan fingerprint density at radius 1 is 1.03 bits per heavy atom. The topological polar surface area (TPSA) is 74.9 Å². The number of nitrogens with one attached hydrogen (secondary N) is 1. The molecule has 0 bridgehead atoms. The first-order valence-corrected chi connectivity index (χ1v) is 13.2. The highest BCUT2D eigenvalue weighted by molar-refractivity contribution is 5.97. The summed E-state index contributed by atoms with van der Waals surface area (Å²) in [4.78, 5) is 34.9. The molecule has 3 aromatic rings. The summed E-state index contributed by atoms with van der Waals surface area (Å²) in [6.07, 6.45) is 8.32. The normalized spacial score (nSPS) is 21.5. The van der Waals surface area contributed by atoms with Crippen molar-refractivity contribution < 1.29 is 19.1 Å². The average molecular weight is 500 g/mol. The largest absolute Gasteiger partial charge is 0.493 e. The number of para-hydroxylation sites is 2. The second-order valence-electron chi connectivity index (χ2n) is 10.2. The minimum atomic E-state index is -0.561. The van der Waals surface area contributed by atoms with Gasteiger partial charge < -0.3 is 24.3 Å². The number of piperazine rings is 1. The fraction of sp³-hybridized carbons (Fsp3) is 0.400. The number of hydrogen-bond acceptors (Lipinski definition) is 4. The quantitative estimate of drug-likeness (QED) is 0.496. The Labute approximate surface area is 217 Å². The lowest BCUT2D eigenvalue weighted by Gasteiger charge is -2.47. The third-order valence-corrected chi connectivity index (χ3v) is 8.16. The first kappa shape index (κ1) is 23.6. The number of allylic oxidation sites excluding steroid dienone is 1. The Bertz CT molecular complexity index is 1390. The van der Waals surface area contributed by atoms with Gasteiger partial charge in [-0.2, -0.15) is 0 Å². The summed E-state index contributed by atoms with van der Waals surface area (Å²) in [5.74, 6) is 1.16. The second-order valence-corrected chi connectivity index (χ2v) is 10.2. The lowest BCUT2D eigenvalue weighted by atomic mass is 9.85. The summed E-state index contributed by atoms with van der Waals surface area (Å²) in [6.45, 7) is 0.690. The first-order valence-electron chi connectivity index (χ1n) is 13.2. The van der Waals surface area contributed by atoms with Crippen LogP contribution in [0.2, 0.25) is 0 Å². The van der Waals surface area contributed by atoms with E-state index < -0.39 is 12.1 Å². The number of amides is 2. The van der Waals surface area contributed by atoms with Crippen LogP contribution >= 0.6 is 0 Å². The number of hydrogen-bond donors (Lipinski definition) is 1. The van der Waals surface area contributed by atoms with Gasteiger partial charge in [0.2, 0.25) is 11.8 Å². The minimum Gasteiger partial charge on any atom is -0.493 e. The van der Waals surface area contributed by atoms with Gasteiger partial charge in [0.25, 0.3) is 0 Å². The highest BCUT2D eigenvalue weighted by Gasteiger charge is 2.49. The number of methoxy groups -OCH3 is 2. The zero-order valence-corrected chi connectivity index (χ0v) is 21.5. The van der Waals surface area contributed by atoms with Crippen LogP contribution < -0.4 is 9.47 Å². The van der Waals surface area contributed by atoms with E-state index in [4.69, 9.17) is 9.47 Å². The lowest BCUT2D eigenvalue weighted by Crippen LogP contribution is -2.63. The number of H-pyrrole nitrogens is 1. The molecule has 2 amide bonds. The van der Waals surface area contributed by atoms with Crippen molar-refractivity contribution in [1.82, 2.24) is 14.8 Å². The molecular formula is C30H33N3O4. The summed E-state index contributed by atoms with van der Waals surface area (Å²) in [5, 5.41) is 1.09. The predicted molar refractivity (Wildman–Crippen MR) is 142 cm³/mol. The van der Waals surface area contributed by atoms with Gasteiger partial charge >= 0.3 is 0 Å². The van der Waals surface area contributed by atoms with E-state index in [0.29, 0.717) is 24.5 Å². The molecule has 0 radical (unpaired) electrons. The zero-order chi connectivity index (χ0) is 25.5. The van der Waals surface area contributed by atoms with Gasteiger partial charge in [-0.3, -0.25) is 9.59 Å². The van der Waals surface area contributed by atoms with E-state index in [1.807, 2.05) is 36.4 Å². The van der Waals surface area contributed by atoms with Gasteiger partial charge in [0.05, 0.1) is 20.8 Å². The molecule has 0 saturated carbocycles. The van der Waals surface area contributed by atoms with Crippen molar-refractivity contribution in [3.63, 3.8) is 0 Å². The van der Waals surface area contributed by atoms with E-state index in [0.717, 1.165) is 47.0 Å². The van der Waals surface area contributed by atoms with Gasteiger partial charge in [-0.05, 0) is 49.8 Å². The smallest absolute Gasteiger partial charge is 0.246 e. The molecule has 7 nitrogen and oxygen atoms in total. The van der Waals surface area contributed by atoms with Crippen molar-refractivity contribution in [2.45, 2.75) is 50.6 Å². The van der Waals surface area contributed by atoms with Gasteiger partial charge in [0, 0.05) is 35.1 Å². The van der Waals surface area contributed by atoms with E-state index >= 15 is 0 Å². The van der Waals surface area contributed by atoms with Crippen molar-refractivity contribution >= 4 is 22.7 Å². The Balaban J connectivity index is 1.43. The van der Waals surface area contributed by atoms with E-state index in [2.05, 4.69) is 17.1 Å². The van der Waals surface area contributed by atoms with Gasteiger partial charge in [0.1, 0.15) is 12.1 Å². The van der Waals surface area contributed by atoms with Crippen molar-refractivity contribution in [2.75, 3.05) is 27.3 Å². The van der Waals surface area contributed by atoms with Gasteiger partial charge in [-0.15, -0.1) is 0 Å². The molecule has 1 aliphatic carbocycles. The molecule has 1 aromatic heterocycles. The third kappa shape index (κ3) is 3.97. The summed E-state index contributed by atoms with van der Waals surface area (Å²) in [5.41, 5.74) is 5.24. The van der Waals surface area contributed by atoms with Crippen LogP contribution in [-0.2, 0) is 16.0 Å². The molecule has 37 heavy (non-hydrogen) atoms. The number of aromatic amines is 1. The van der Waals surface area contributed by atoms with Crippen molar-refractivity contribution in [2.24, 2.45) is 0 Å². The van der Waals surface area contributed by atoms with E-state index in [9.17, 15) is 9.59 Å². The highest BCUT2D eigenvalue weighted by Crippen LogP contribution is 2.47. The van der Waals surface area contributed by atoms with Gasteiger partial charge in [-0.1, -0.05) is 42.0 Å². The number of fused-ring (bicyclic) bond motifs is 4. The van der Waals surface area contributed by atoms with Crippen molar-refractivity contribution in [1.29, 1.82) is 0 Å². The van der Waals surface area contributed by atoms with Gasteiger partial charge in [-0.25, -0.2) is 0 Å². The van der Waals surface area contributed by atoms with Crippen LogP contribution in [0.3, 0.4) is 0 Å². The third-order valence-electron chi connectivity index (χ3n) is 8.16. The molecule has 6 rings (SSSR count). The Morgan fingerprint density at radius 2 is 1.89 bits per heavy atom. The van der Waals surface area contributed by atoms with Crippen molar-refractivity contribution in [3.05, 3.63) is 70.9 Å². The number of rotatable bonds is 6. The van der Waals surface area contributed by atoms with Crippen LogP contribution in [0.15, 0.2) is 54.1 Å².